The molecule has 0 amide bonds. The zero-order valence-corrected chi connectivity index (χ0v) is 63.4. The molecule has 0 aromatic carbocycles. The average Bonchev–Trinajstić information content (AvgIpc) is 0.903. The van der Waals surface area contributed by atoms with E-state index < -0.39 is 24.1 Å². The van der Waals surface area contributed by atoms with Crippen molar-refractivity contribution in [2.45, 2.75) is 297 Å². The fourth-order valence-electron chi connectivity index (χ4n) is 18.1. The highest BCUT2D eigenvalue weighted by Crippen LogP contribution is 2.62. The van der Waals surface area contributed by atoms with Crippen molar-refractivity contribution in [2.24, 2.45) is 58.2 Å². The fourth-order valence-corrected chi connectivity index (χ4v) is 18.1. The van der Waals surface area contributed by atoms with Gasteiger partial charge in [-0.15, -0.1) is 0 Å². The zero-order chi connectivity index (χ0) is 71.1. The summed E-state index contributed by atoms with van der Waals surface area (Å²) in [4.78, 5) is 80.6. The molecule has 16 nitrogen and oxygen atoms in total. The summed E-state index contributed by atoms with van der Waals surface area (Å²) in [6.45, 7) is 15.3. The lowest BCUT2D eigenvalue weighted by Gasteiger charge is -2.56. The van der Waals surface area contributed by atoms with Gasteiger partial charge in [-0.3, -0.25) is 19.2 Å². The van der Waals surface area contributed by atoms with Crippen LogP contribution in [0.25, 0.3) is 0 Å². The van der Waals surface area contributed by atoms with Gasteiger partial charge in [-0.2, -0.15) is 0 Å². The Morgan fingerprint density at radius 2 is 0.710 bits per heavy atom. The van der Waals surface area contributed by atoms with E-state index in [0.717, 1.165) is 203 Å². The van der Waals surface area contributed by atoms with Crippen LogP contribution in [0.1, 0.15) is 297 Å². The molecule has 0 radical (unpaired) electrons. The second-order valence-electron chi connectivity index (χ2n) is 31.7. The summed E-state index contributed by atoms with van der Waals surface area (Å²) in [7, 11) is 0. The summed E-state index contributed by atoms with van der Waals surface area (Å²) < 4.78 is 44.1. The van der Waals surface area contributed by atoms with Gasteiger partial charge in [-0.1, -0.05) is 141 Å². The molecule has 0 spiro atoms. The molecule has 8 saturated carbocycles. The van der Waals surface area contributed by atoms with Crippen molar-refractivity contribution in [2.75, 3.05) is 92.1 Å². The predicted octanol–water partition coefficient (Wildman–Crippen LogP) is 19.7. The molecule has 9 rings (SSSR count). The molecule has 0 aromatic rings. The third kappa shape index (κ3) is 36.1. The normalized spacial score (nSPS) is 24.1. The summed E-state index contributed by atoms with van der Waals surface area (Å²) in [6, 6.07) is 0. The molecule has 2 atom stereocenters. The van der Waals surface area contributed by atoms with Gasteiger partial charge in [0.1, 0.15) is 39.6 Å². The van der Waals surface area contributed by atoms with Crippen LogP contribution in [0.2, 0.25) is 0 Å². The van der Waals surface area contributed by atoms with Gasteiger partial charge in [0, 0.05) is 25.9 Å². The topological polar surface area (TPSA) is 183 Å². The van der Waals surface area contributed by atoms with Crippen LogP contribution in [0.3, 0.4) is 0 Å². The maximum Gasteiger partial charge on any atom is 0.508 e. The van der Waals surface area contributed by atoms with Gasteiger partial charge in [-0.05, 0) is 252 Å². The van der Waals surface area contributed by atoms with Crippen LogP contribution in [0, 0.1) is 58.2 Å². The van der Waals surface area contributed by atoms with E-state index >= 15 is 0 Å². The van der Waals surface area contributed by atoms with Crippen molar-refractivity contribution in [1.29, 1.82) is 0 Å². The van der Waals surface area contributed by atoms with Crippen molar-refractivity contribution in [3.05, 3.63) is 48.6 Å². The molecule has 1 aliphatic heterocycles. The molecule has 2 unspecified atom stereocenters. The van der Waals surface area contributed by atoms with E-state index in [1.165, 1.54) is 116 Å². The zero-order valence-electron chi connectivity index (χ0n) is 63.4. The summed E-state index contributed by atoms with van der Waals surface area (Å²) in [5, 5.41) is 0. The fraction of sp³-hybridized carbons (Fsp3) is 0.833. The number of carbonyl (C=O) groups excluding carboxylic acids is 6. The number of likely N-dealkylation sites (tertiary alicyclic amines) is 1. The van der Waals surface area contributed by atoms with Gasteiger partial charge in [0.15, 0.2) is 0 Å². The Balaban J connectivity index is 0.000000315. The molecule has 9 fully saturated rings. The third-order valence-electron chi connectivity index (χ3n) is 22.6. The Labute approximate surface area is 606 Å². The number of ether oxygens (including phenoxy) is 8. The van der Waals surface area contributed by atoms with Crippen LogP contribution in [0.4, 0.5) is 9.59 Å². The molecular weight excluding hydrogens is 1260 g/mol. The van der Waals surface area contributed by atoms with Crippen molar-refractivity contribution < 1.29 is 66.7 Å². The van der Waals surface area contributed by atoms with Crippen molar-refractivity contribution in [3.8, 4) is 0 Å². The van der Waals surface area contributed by atoms with Crippen LogP contribution >= 0.6 is 0 Å². The molecular formula is C84H140N2O14. The monoisotopic (exact) mass is 1400 g/mol. The molecule has 1 heterocycles. The van der Waals surface area contributed by atoms with Crippen molar-refractivity contribution >= 4 is 36.2 Å². The van der Waals surface area contributed by atoms with E-state index in [4.69, 9.17) is 37.9 Å². The lowest BCUT2D eigenvalue weighted by Crippen LogP contribution is -2.47. The number of esters is 4. The van der Waals surface area contributed by atoms with Gasteiger partial charge in [-0.25, -0.2) is 9.59 Å². The molecule has 8 bridgehead atoms. The Bertz CT molecular complexity index is 2170. The van der Waals surface area contributed by atoms with E-state index in [1.54, 1.807) is 0 Å². The highest BCUT2D eigenvalue weighted by Gasteiger charge is 2.53. The SMILES string of the molecule is CCCCC/C=C\C/C=C\CCCCCCCC(=O)OCC(COC(=O)CC12CC3CC(CC(C3)C1)C2)COC(=O)OCCCN(CC)CC.CCCCC/C=C\C/C=C\CCCCCCCC(=O)OCC(COC(=O)CC12CC3CC(CC(C3)C1)C2)COC(=O)OCCCN1CCCC1. The molecule has 8 aliphatic carbocycles. The molecule has 0 N–H and O–H groups in total. The summed E-state index contributed by atoms with van der Waals surface area (Å²) in [5.41, 5.74) is 0.200. The number of hydrogen-bond donors (Lipinski definition) is 0. The van der Waals surface area contributed by atoms with Crippen molar-refractivity contribution in [3.63, 3.8) is 0 Å². The van der Waals surface area contributed by atoms with E-state index in [9.17, 15) is 28.8 Å². The number of hydrogen-bond acceptors (Lipinski definition) is 16. The predicted molar refractivity (Wildman–Crippen MR) is 397 cm³/mol. The number of unbranched alkanes of at least 4 members (excludes halogenated alkanes) is 16. The highest BCUT2D eigenvalue weighted by atomic mass is 16.7. The van der Waals surface area contributed by atoms with Crippen LogP contribution in [-0.2, 0) is 57.1 Å². The van der Waals surface area contributed by atoms with Gasteiger partial charge < -0.3 is 47.7 Å². The van der Waals surface area contributed by atoms with E-state index in [-0.39, 0.29) is 81.0 Å². The highest BCUT2D eigenvalue weighted by molar-refractivity contribution is 5.71. The Hall–Kier alpha value is -4.70. The molecule has 1 saturated heterocycles. The third-order valence-corrected chi connectivity index (χ3v) is 22.6. The van der Waals surface area contributed by atoms with E-state index in [0.29, 0.717) is 32.3 Å². The molecule has 16 heteroatoms. The Morgan fingerprint density at radius 1 is 0.380 bits per heavy atom. The first-order chi connectivity index (χ1) is 48.8. The Morgan fingerprint density at radius 3 is 1.08 bits per heavy atom. The molecule has 100 heavy (non-hydrogen) atoms. The summed E-state index contributed by atoms with van der Waals surface area (Å²) in [5.74, 6) is 2.87. The number of rotatable bonds is 54. The maximum absolute atomic E-state index is 13.1. The van der Waals surface area contributed by atoms with Crippen LogP contribution < -0.4 is 0 Å². The quantitative estimate of drug-likeness (QED) is 0.0242. The van der Waals surface area contributed by atoms with Crippen LogP contribution in [-0.4, -0.2) is 138 Å². The van der Waals surface area contributed by atoms with Crippen LogP contribution in [0.5, 0.6) is 0 Å². The van der Waals surface area contributed by atoms with Crippen LogP contribution in [0.15, 0.2) is 48.6 Å². The second kappa shape index (κ2) is 50.7. The van der Waals surface area contributed by atoms with Crippen molar-refractivity contribution in [1.82, 2.24) is 9.80 Å². The lowest BCUT2D eigenvalue weighted by atomic mass is 9.49. The minimum absolute atomic E-state index is 0.0213. The minimum atomic E-state index is -0.745. The first-order valence-corrected chi connectivity index (χ1v) is 41.0. The van der Waals surface area contributed by atoms with Gasteiger partial charge in [0.25, 0.3) is 0 Å². The first-order valence-electron chi connectivity index (χ1n) is 41.0. The minimum Gasteiger partial charge on any atom is -0.465 e. The van der Waals surface area contributed by atoms with Gasteiger partial charge >= 0.3 is 36.2 Å². The van der Waals surface area contributed by atoms with E-state index in [1.807, 2.05) is 0 Å². The summed E-state index contributed by atoms with van der Waals surface area (Å²) >= 11 is 0. The maximum atomic E-state index is 13.1. The molecule has 570 valence electrons. The lowest BCUT2D eigenvalue weighted by molar-refractivity contribution is -0.157. The largest absolute Gasteiger partial charge is 0.508 e. The standard InChI is InChI=1S/C42H69NO7.C42H71NO7/c1-2-3-4-5-6-7-8-9-10-11-12-13-14-15-16-20-39(44)48-32-38(34-50-41(46)47-24-19-23-43-21-17-18-22-43)33-49-40(45)31-42-28-35-25-36(29-42)27-37(26-35)30-42;1-4-7-8-9-10-11-12-13-14-15-16-17-18-19-20-22-39(44)48-32-38(34-50-41(46)47-24-21-23-43(5-2)6-3)33-49-40(45)31-42-28-35-25-36(29-42)27-37(26-35)30-42/h6-7,9-10,35-38H,2-5,8,11-34H2,1H3;10-11,13-14,35-38H,4-9,12,15-34H2,1-3H3/b7-6-,10-9-;11-10-,14-13-. The van der Waals surface area contributed by atoms with Gasteiger partial charge in [0.05, 0.1) is 37.9 Å². The second-order valence-corrected chi connectivity index (χ2v) is 31.7. The number of carbonyl (C=O) groups is 6. The number of allylic oxidation sites excluding steroid dienone is 8. The smallest absolute Gasteiger partial charge is 0.465 e. The average molecular weight is 1400 g/mol. The first kappa shape index (κ1) is 84.2. The molecule has 9 aliphatic rings. The van der Waals surface area contributed by atoms with Gasteiger partial charge in [0.2, 0.25) is 0 Å². The van der Waals surface area contributed by atoms with E-state index in [2.05, 4.69) is 86.1 Å². The number of nitrogens with zero attached hydrogens (tertiary/aromatic N) is 2. The Kier molecular flexibility index (Phi) is 42.7. The molecule has 0 aromatic heterocycles. The summed E-state index contributed by atoms with van der Waals surface area (Å²) in [6.07, 6.45) is 62.1.